The molecule has 0 amide bonds. The first-order valence-corrected chi connectivity index (χ1v) is 9.70. The van der Waals surface area contributed by atoms with Gasteiger partial charge in [-0.1, -0.05) is 118 Å². The second kappa shape index (κ2) is 15.4. The Morgan fingerprint density at radius 2 is 0.800 bits per heavy atom. The summed E-state index contributed by atoms with van der Waals surface area (Å²) >= 11 is 0. The molecule has 0 aromatic rings. The molecule has 0 nitrogen and oxygen atoms in total. The quantitative estimate of drug-likeness (QED) is 0.269. The Labute approximate surface area is 130 Å². The second-order valence-corrected chi connectivity index (χ2v) is 7.19. The van der Waals surface area contributed by atoms with Crippen LogP contribution in [0.1, 0.15) is 118 Å². The fourth-order valence-corrected chi connectivity index (χ4v) is 3.12. The maximum atomic E-state index is 2.46. The lowest BCUT2D eigenvalue weighted by Crippen LogP contribution is -1.99. The molecule has 0 fully saturated rings. The Hall–Kier alpha value is 0. The fraction of sp³-hybridized carbons (Fsp3) is 1.00. The van der Waals surface area contributed by atoms with Crippen LogP contribution in [-0.2, 0) is 0 Å². The van der Waals surface area contributed by atoms with Crippen molar-refractivity contribution in [3.05, 3.63) is 0 Å². The lowest BCUT2D eigenvalue weighted by atomic mass is 9.92. The number of unbranched alkanes of at least 4 members (excludes halogenated alkanes) is 7. The van der Waals surface area contributed by atoms with E-state index in [-0.39, 0.29) is 0 Å². The summed E-state index contributed by atoms with van der Waals surface area (Å²) in [6.07, 6.45) is 20.2. The van der Waals surface area contributed by atoms with Gasteiger partial charge in [0.05, 0.1) is 0 Å². The number of rotatable bonds is 15. The van der Waals surface area contributed by atoms with Crippen LogP contribution < -0.4 is 0 Å². The monoisotopic (exact) mass is 282 g/mol. The third kappa shape index (κ3) is 14.4. The standard InChI is InChI=1S/C20H42/c1-5-7-9-11-13-16-20(4)18-14-17-19(3)15-12-10-8-6-2/h19-20H,5-18H2,1-4H3. The minimum absolute atomic E-state index is 0.962. The molecule has 2 atom stereocenters. The van der Waals surface area contributed by atoms with Gasteiger partial charge in [-0.2, -0.15) is 0 Å². The smallest absolute Gasteiger partial charge is 0.0443 e. The van der Waals surface area contributed by atoms with Crippen LogP contribution in [0.25, 0.3) is 0 Å². The molecule has 2 unspecified atom stereocenters. The topological polar surface area (TPSA) is 0 Å². The first-order valence-electron chi connectivity index (χ1n) is 9.70. The van der Waals surface area contributed by atoms with Gasteiger partial charge in [0.15, 0.2) is 0 Å². The average Bonchev–Trinajstić information content (AvgIpc) is 2.43. The lowest BCUT2D eigenvalue weighted by molar-refractivity contribution is 0.392. The van der Waals surface area contributed by atoms with Crippen molar-refractivity contribution in [3.63, 3.8) is 0 Å². The van der Waals surface area contributed by atoms with Crippen molar-refractivity contribution in [2.24, 2.45) is 11.8 Å². The maximum Gasteiger partial charge on any atom is -0.0443 e. The largest absolute Gasteiger partial charge is 0.0654 e. The summed E-state index contributed by atoms with van der Waals surface area (Å²) in [5, 5.41) is 0. The van der Waals surface area contributed by atoms with Crippen molar-refractivity contribution in [1.29, 1.82) is 0 Å². The van der Waals surface area contributed by atoms with Crippen LogP contribution in [0.15, 0.2) is 0 Å². The van der Waals surface area contributed by atoms with E-state index >= 15 is 0 Å². The molecule has 0 spiro atoms. The summed E-state index contributed by atoms with van der Waals surface area (Å²) in [6.45, 7) is 9.52. The van der Waals surface area contributed by atoms with E-state index in [2.05, 4.69) is 27.7 Å². The van der Waals surface area contributed by atoms with E-state index in [1.54, 1.807) is 0 Å². The molecule has 122 valence electrons. The van der Waals surface area contributed by atoms with Gasteiger partial charge in [-0.25, -0.2) is 0 Å². The molecule has 0 saturated carbocycles. The Bertz CT molecular complexity index is 173. The maximum absolute atomic E-state index is 2.46. The number of hydrogen-bond donors (Lipinski definition) is 0. The van der Waals surface area contributed by atoms with Crippen molar-refractivity contribution in [1.82, 2.24) is 0 Å². The zero-order chi connectivity index (χ0) is 15.1. The molecular weight excluding hydrogens is 240 g/mol. The molecule has 20 heavy (non-hydrogen) atoms. The summed E-state index contributed by atoms with van der Waals surface area (Å²) in [6, 6.07) is 0. The van der Waals surface area contributed by atoms with Crippen molar-refractivity contribution in [3.8, 4) is 0 Å². The van der Waals surface area contributed by atoms with E-state index < -0.39 is 0 Å². The third-order valence-corrected chi connectivity index (χ3v) is 4.74. The average molecular weight is 283 g/mol. The molecular formula is C20H42. The molecule has 0 rings (SSSR count). The highest BCUT2D eigenvalue weighted by molar-refractivity contribution is 4.59. The van der Waals surface area contributed by atoms with Gasteiger partial charge in [-0.3, -0.25) is 0 Å². The first-order chi connectivity index (χ1) is 9.70. The van der Waals surface area contributed by atoms with Crippen LogP contribution >= 0.6 is 0 Å². The zero-order valence-electron chi connectivity index (χ0n) is 15.1. The normalized spacial score (nSPS) is 14.4. The van der Waals surface area contributed by atoms with Gasteiger partial charge in [0, 0.05) is 0 Å². The molecule has 0 heteroatoms. The molecule has 0 bridgehead atoms. The minimum Gasteiger partial charge on any atom is -0.0654 e. The molecule has 0 aliphatic heterocycles. The summed E-state index contributed by atoms with van der Waals surface area (Å²) in [5.74, 6) is 1.92. The SMILES string of the molecule is CCCCCCCC(C)CCCC(C)CCCCCC. The highest BCUT2D eigenvalue weighted by Crippen LogP contribution is 2.21. The van der Waals surface area contributed by atoms with Gasteiger partial charge in [0.25, 0.3) is 0 Å². The summed E-state index contributed by atoms with van der Waals surface area (Å²) in [7, 11) is 0. The minimum atomic E-state index is 0.962. The highest BCUT2D eigenvalue weighted by Gasteiger charge is 2.05. The van der Waals surface area contributed by atoms with E-state index in [1.165, 1.54) is 89.9 Å². The predicted octanol–water partition coefficient (Wildman–Crippen LogP) is 7.76. The Balaban J connectivity index is 3.30. The van der Waals surface area contributed by atoms with Crippen molar-refractivity contribution in [2.75, 3.05) is 0 Å². The fourth-order valence-electron chi connectivity index (χ4n) is 3.12. The van der Waals surface area contributed by atoms with E-state index in [1.807, 2.05) is 0 Å². The van der Waals surface area contributed by atoms with Crippen LogP contribution in [0.4, 0.5) is 0 Å². The van der Waals surface area contributed by atoms with Crippen molar-refractivity contribution >= 4 is 0 Å². The first kappa shape index (κ1) is 20.0. The molecule has 0 aromatic carbocycles. The van der Waals surface area contributed by atoms with E-state index in [9.17, 15) is 0 Å². The zero-order valence-corrected chi connectivity index (χ0v) is 15.1. The van der Waals surface area contributed by atoms with Crippen LogP contribution in [0.5, 0.6) is 0 Å². The van der Waals surface area contributed by atoms with Crippen LogP contribution in [0.2, 0.25) is 0 Å². The Morgan fingerprint density at radius 3 is 1.25 bits per heavy atom. The molecule has 0 saturated heterocycles. The van der Waals surface area contributed by atoms with Gasteiger partial charge < -0.3 is 0 Å². The Kier molecular flexibility index (Phi) is 15.4. The van der Waals surface area contributed by atoms with Gasteiger partial charge in [-0.05, 0) is 11.8 Å². The van der Waals surface area contributed by atoms with Gasteiger partial charge in [0.2, 0.25) is 0 Å². The lowest BCUT2D eigenvalue weighted by Gasteiger charge is -2.14. The molecule has 0 heterocycles. The highest BCUT2D eigenvalue weighted by atomic mass is 14.1. The summed E-state index contributed by atoms with van der Waals surface area (Å²) in [5.41, 5.74) is 0. The molecule has 0 radical (unpaired) electrons. The van der Waals surface area contributed by atoms with Crippen molar-refractivity contribution in [2.45, 2.75) is 118 Å². The molecule has 0 aromatic heterocycles. The van der Waals surface area contributed by atoms with Gasteiger partial charge >= 0.3 is 0 Å². The van der Waals surface area contributed by atoms with E-state index in [0.29, 0.717) is 0 Å². The van der Waals surface area contributed by atoms with Crippen LogP contribution in [0, 0.1) is 11.8 Å². The molecule has 0 aliphatic carbocycles. The number of hydrogen-bond acceptors (Lipinski definition) is 0. The molecule has 0 aliphatic rings. The van der Waals surface area contributed by atoms with Gasteiger partial charge in [-0.15, -0.1) is 0 Å². The van der Waals surface area contributed by atoms with E-state index in [0.717, 1.165) is 11.8 Å². The molecule has 0 N–H and O–H groups in total. The van der Waals surface area contributed by atoms with Crippen molar-refractivity contribution < 1.29 is 0 Å². The van der Waals surface area contributed by atoms with Crippen LogP contribution in [-0.4, -0.2) is 0 Å². The second-order valence-electron chi connectivity index (χ2n) is 7.19. The summed E-state index contributed by atoms with van der Waals surface area (Å²) in [4.78, 5) is 0. The Morgan fingerprint density at radius 1 is 0.450 bits per heavy atom. The third-order valence-electron chi connectivity index (χ3n) is 4.74. The van der Waals surface area contributed by atoms with Gasteiger partial charge in [0.1, 0.15) is 0 Å². The van der Waals surface area contributed by atoms with Crippen LogP contribution in [0.3, 0.4) is 0 Å². The predicted molar refractivity (Wildman–Crippen MR) is 94.3 cm³/mol. The van der Waals surface area contributed by atoms with E-state index in [4.69, 9.17) is 0 Å². The summed E-state index contributed by atoms with van der Waals surface area (Å²) < 4.78 is 0.